The van der Waals surface area contributed by atoms with Gasteiger partial charge in [-0.05, 0) is 37.6 Å². The minimum Gasteiger partial charge on any atom is -0.361 e. The summed E-state index contributed by atoms with van der Waals surface area (Å²) in [6.45, 7) is 4.19. The van der Waals surface area contributed by atoms with E-state index in [0.717, 1.165) is 27.9 Å². The minimum atomic E-state index is -0.176. The number of halogens is 1. The maximum absolute atomic E-state index is 12.7. The number of nitrogens with zero attached hydrogens (tertiary/aromatic N) is 3. The highest BCUT2D eigenvalue weighted by molar-refractivity contribution is 6.31. The van der Waals surface area contributed by atoms with E-state index in [1.54, 1.807) is 13.0 Å². The first-order valence-corrected chi connectivity index (χ1v) is 9.30. The summed E-state index contributed by atoms with van der Waals surface area (Å²) in [7, 11) is 0. The fourth-order valence-electron chi connectivity index (χ4n) is 3.20. The van der Waals surface area contributed by atoms with E-state index in [9.17, 15) is 4.79 Å². The van der Waals surface area contributed by atoms with E-state index < -0.39 is 0 Å². The molecule has 1 amide bonds. The van der Waals surface area contributed by atoms with Crippen LogP contribution in [0.4, 0.5) is 5.95 Å². The second-order valence-corrected chi connectivity index (χ2v) is 7.10. The minimum absolute atomic E-state index is 0.176. The van der Waals surface area contributed by atoms with Gasteiger partial charge in [-0.1, -0.05) is 47.1 Å². The molecule has 7 heteroatoms. The summed E-state index contributed by atoms with van der Waals surface area (Å²) in [6.07, 6.45) is 0.177. The first kappa shape index (κ1) is 18.3. The third kappa shape index (κ3) is 3.64. The largest absolute Gasteiger partial charge is 0.361 e. The summed E-state index contributed by atoms with van der Waals surface area (Å²) in [5, 5.41) is 7.46. The summed E-state index contributed by atoms with van der Waals surface area (Å²) in [5.74, 6) is 0.959. The molecule has 1 N–H and O–H groups in total. The molecular weight excluding hydrogens is 376 g/mol. The van der Waals surface area contributed by atoms with Crippen molar-refractivity contribution >= 4 is 34.5 Å². The summed E-state index contributed by atoms with van der Waals surface area (Å²) in [5.41, 5.74) is 4.25. The van der Waals surface area contributed by atoms with Gasteiger partial charge in [0, 0.05) is 10.6 Å². The van der Waals surface area contributed by atoms with Crippen molar-refractivity contribution in [1.29, 1.82) is 0 Å². The molecule has 0 radical (unpaired) electrons. The summed E-state index contributed by atoms with van der Waals surface area (Å²) in [6, 6.07) is 15.5. The molecule has 2 heterocycles. The number of anilines is 1. The Morgan fingerprint density at radius 3 is 2.68 bits per heavy atom. The van der Waals surface area contributed by atoms with Gasteiger partial charge in [-0.25, -0.2) is 4.98 Å². The summed E-state index contributed by atoms with van der Waals surface area (Å²) in [4.78, 5) is 17.3. The Bertz CT molecular complexity index is 1130. The van der Waals surface area contributed by atoms with Gasteiger partial charge in [0.2, 0.25) is 11.9 Å². The average molecular weight is 395 g/mol. The van der Waals surface area contributed by atoms with Crippen LogP contribution in [0.5, 0.6) is 0 Å². The van der Waals surface area contributed by atoms with Gasteiger partial charge in [0.1, 0.15) is 5.76 Å². The number of nitrogens with one attached hydrogen (secondary N) is 1. The monoisotopic (exact) mass is 394 g/mol. The van der Waals surface area contributed by atoms with Gasteiger partial charge in [-0.3, -0.25) is 10.1 Å². The molecule has 4 rings (SSSR count). The van der Waals surface area contributed by atoms with Gasteiger partial charge in [-0.2, -0.15) is 0 Å². The number of hydrogen-bond donors (Lipinski definition) is 1. The van der Waals surface area contributed by atoms with Crippen LogP contribution < -0.4 is 5.32 Å². The fraction of sp³-hybridized carbons (Fsp3) is 0.190. The molecule has 0 aliphatic rings. The van der Waals surface area contributed by atoms with Gasteiger partial charge < -0.3 is 9.09 Å². The highest BCUT2D eigenvalue weighted by Gasteiger charge is 2.17. The Balaban J connectivity index is 1.67. The molecule has 28 heavy (non-hydrogen) atoms. The molecule has 0 atom stereocenters. The molecule has 2 aromatic carbocycles. The third-order valence-electron chi connectivity index (χ3n) is 4.66. The molecule has 2 aromatic heterocycles. The topological polar surface area (TPSA) is 73.0 Å². The van der Waals surface area contributed by atoms with E-state index in [1.165, 1.54) is 0 Å². The molecule has 4 aromatic rings. The number of imidazole rings is 1. The Morgan fingerprint density at radius 2 is 1.96 bits per heavy atom. The molecular formula is C21H19ClN4O2. The van der Waals surface area contributed by atoms with Crippen molar-refractivity contribution in [2.75, 3.05) is 5.32 Å². The number of hydrogen-bond acceptors (Lipinski definition) is 4. The van der Waals surface area contributed by atoms with Crippen LogP contribution in [0.25, 0.3) is 11.0 Å². The van der Waals surface area contributed by atoms with Gasteiger partial charge >= 0.3 is 0 Å². The Hall–Kier alpha value is -3.12. The van der Waals surface area contributed by atoms with Crippen LogP contribution >= 0.6 is 11.6 Å². The standard InChI is InChI=1S/C21H19ClN4O2/c1-13-17(14(2)28-25-13)11-20(27)24-21-23-18-9-8-16(22)10-19(18)26(21)12-15-6-4-3-5-7-15/h3-10H,11-12H2,1-2H3,(H,23,24,27). The molecule has 0 fully saturated rings. The number of amides is 1. The van der Waals surface area contributed by atoms with Crippen molar-refractivity contribution in [3.63, 3.8) is 0 Å². The van der Waals surface area contributed by atoms with Crippen LogP contribution in [0.1, 0.15) is 22.6 Å². The molecule has 6 nitrogen and oxygen atoms in total. The molecule has 0 aliphatic heterocycles. The molecule has 0 aliphatic carbocycles. The molecule has 0 saturated carbocycles. The lowest BCUT2D eigenvalue weighted by Crippen LogP contribution is -2.18. The van der Waals surface area contributed by atoms with Crippen LogP contribution in [-0.4, -0.2) is 20.6 Å². The zero-order chi connectivity index (χ0) is 19.7. The van der Waals surface area contributed by atoms with Gasteiger partial charge in [0.15, 0.2) is 0 Å². The van der Waals surface area contributed by atoms with Crippen LogP contribution in [0, 0.1) is 13.8 Å². The molecule has 0 saturated heterocycles. The smallest absolute Gasteiger partial charge is 0.231 e. The van der Waals surface area contributed by atoms with E-state index >= 15 is 0 Å². The Kier molecular flexibility index (Phi) is 4.88. The lowest BCUT2D eigenvalue weighted by molar-refractivity contribution is -0.115. The van der Waals surface area contributed by atoms with Crippen molar-refractivity contribution in [1.82, 2.24) is 14.7 Å². The average Bonchev–Trinajstić information content (AvgIpc) is 3.17. The third-order valence-corrected chi connectivity index (χ3v) is 4.90. The summed E-state index contributed by atoms with van der Waals surface area (Å²) >= 11 is 6.19. The first-order valence-electron chi connectivity index (χ1n) is 8.92. The van der Waals surface area contributed by atoms with Crippen molar-refractivity contribution in [3.05, 3.63) is 76.1 Å². The van der Waals surface area contributed by atoms with E-state index in [2.05, 4.69) is 15.5 Å². The molecule has 0 unspecified atom stereocenters. The van der Waals surface area contributed by atoms with Crippen molar-refractivity contribution in [2.45, 2.75) is 26.8 Å². The number of benzene rings is 2. The maximum Gasteiger partial charge on any atom is 0.231 e. The van der Waals surface area contributed by atoms with Crippen LogP contribution in [-0.2, 0) is 17.8 Å². The van der Waals surface area contributed by atoms with Crippen molar-refractivity contribution < 1.29 is 9.32 Å². The van der Waals surface area contributed by atoms with E-state index in [4.69, 9.17) is 16.1 Å². The fourth-order valence-corrected chi connectivity index (χ4v) is 3.37. The SMILES string of the molecule is Cc1noc(C)c1CC(=O)Nc1nc2ccc(Cl)cc2n1Cc1ccccc1. The van der Waals surface area contributed by atoms with Gasteiger partial charge in [0.05, 0.1) is 29.7 Å². The summed E-state index contributed by atoms with van der Waals surface area (Å²) < 4.78 is 7.10. The van der Waals surface area contributed by atoms with E-state index in [0.29, 0.717) is 23.3 Å². The highest BCUT2D eigenvalue weighted by Crippen LogP contribution is 2.25. The molecule has 0 bridgehead atoms. The van der Waals surface area contributed by atoms with Crippen molar-refractivity contribution in [3.8, 4) is 0 Å². The zero-order valence-corrected chi connectivity index (χ0v) is 16.3. The second-order valence-electron chi connectivity index (χ2n) is 6.67. The lowest BCUT2D eigenvalue weighted by Gasteiger charge is -2.10. The van der Waals surface area contributed by atoms with Crippen LogP contribution in [0.2, 0.25) is 5.02 Å². The number of fused-ring (bicyclic) bond motifs is 1. The second kappa shape index (κ2) is 7.48. The quantitative estimate of drug-likeness (QED) is 0.540. The number of aryl methyl sites for hydroxylation is 2. The van der Waals surface area contributed by atoms with Gasteiger partial charge in [0.25, 0.3) is 0 Å². The highest BCUT2D eigenvalue weighted by atomic mass is 35.5. The molecule has 142 valence electrons. The predicted octanol–water partition coefficient (Wildman–Crippen LogP) is 4.52. The Morgan fingerprint density at radius 1 is 1.18 bits per heavy atom. The first-order chi connectivity index (χ1) is 13.5. The normalized spacial score (nSPS) is 11.1. The molecule has 0 spiro atoms. The van der Waals surface area contributed by atoms with Gasteiger partial charge in [-0.15, -0.1) is 0 Å². The zero-order valence-electron chi connectivity index (χ0n) is 15.6. The van der Waals surface area contributed by atoms with Crippen LogP contribution in [0.3, 0.4) is 0 Å². The van der Waals surface area contributed by atoms with Crippen molar-refractivity contribution in [2.24, 2.45) is 0 Å². The van der Waals surface area contributed by atoms with Crippen LogP contribution in [0.15, 0.2) is 53.1 Å². The maximum atomic E-state index is 12.7. The Labute approximate surface area is 167 Å². The lowest BCUT2D eigenvalue weighted by atomic mass is 10.1. The number of rotatable bonds is 5. The number of aromatic nitrogens is 3. The van der Waals surface area contributed by atoms with E-state index in [1.807, 2.05) is 54.0 Å². The predicted molar refractivity (Wildman–Crippen MR) is 109 cm³/mol. The number of carbonyl (C=O) groups is 1. The van der Waals surface area contributed by atoms with E-state index in [-0.39, 0.29) is 12.3 Å². The number of carbonyl (C=O) groups excluding carboxylic acids is 1.